The van der Waals surface area contributed by atoms with E-state index in [1.54, 1.807) is 0 Å². The van der Waals surface area contributed by atoms with Crippen LogP contribution in [0, 0.1) is 11.8 Å². The van der Waals surface area contributed by atoms with Gasteiger partial charge in [0.25, 0.3) is 0 Å². The minimum atomic E-state index is -1.26. The normalized spacial score (nSPS) is 23.4. The highest BCUT2D eigenvalue weighted by atomic mass is 16.4. The molecule has 2 fully saturated rings. The monoisotopic (exact) mass is 353 g/mol. The Bertz CT molecular complexity index is 505. The molecule has 2 unspecified atom stereocenters. The third kappa shape index (κ3) is 6.03. The van der Waals surface area contributed by atoms with Crippen molar-refractivity contribution >= 4 is 24.2 Å². The lowest BCUT2D eigenvalue weighted by Gasteiger charge is -2.27. The largest absolute Gasteiger partial charge is 0.465 e. The Morgan fingerprint density at radius 3 is 2.44 bits per heavy atom. The van der Waals surface area contributed by atoms with Crippen LogP contribution in [0.25, 0.3) is 0 Å². The van der Waals surface area contributed by atoms with Gasteiger partial charge in [0, 0.05) is 12.5 Å². The molecule has 4 N–H and O–H groups in total. The van der Waals surface area contributed by atoms with Crippen LogP contribution >= 0.6 is 0 Å². The van der Waals surface area contributed by atoms with Gasteiger partial charge in [0.2, 0.25) is 11.8 Å². The van der Waals surface area contributed by atoms with Crippen LogP contribution in [0.3, 0.4) is 0 Å². The number of aldehydes is 1. The lowest BCUT2D eigenvalue weighted by atomic mass is 9.84. The number of hydrogen-bond acceptors (Lipinski definition) is 4. The Hall–Kier alpha value is -2.12. The maximum absolute atomic E-state index is 12.5. The van der Waals surface area contributed by atoms with Crippen molar-refractivity contribution in [1.29, 1.82) is 0 Å². The molecule has 8 heteroatoms. The van der Waals surface area contributed by atoms with E-state index in [4.69, 9.17) is 5.11 Å². The molecule has 1 aliphatic heterocycles. The van der Waals surface area contributed by atoms with E-state index in [2.05, 4.69) is 16.0 Å². The fraction of sp³-hybridized carbons (Fsp3) is 0.765. The fourth-order valence-corrected chi connectivity index (χ4v) is 3.74. The average Bonchev–Trinajstić information content (AvgIpc) is 2.99. The third-order valence-corrected chi connectivity index (χ3v) is 5.10. The van der Waals surface area contributed by atoms with Gasteiger partial charge in [-0.3, -0.25) is 9.59 Å². The van der Waals surface area contributed by atoms with E-state index in [1.807, 2.05) is 0 Å². The van der Waals surface area contributed by atoms with E-state index in [1.165, 1.54) is 6.42 Å². The summed E-state index contributed by atoms with van der Waals surface area (Å²) in [5.74, 6) is -0.585. The Labute approximate surface area is 147 Å². The molecule has 0 spiro atoms. The molecule has 140 valence electrons. The van der Waals surface area contributed by atoms with Gasteiger partial charge < -0.3 is 25.9 Å². The topological polar surface area (TPSA) is 125 Å². The van der Waals surface area contributed by atoms with Crippen molar-refractivity contribution < 1.29 is 24.3 Å². The molecular weight excluding hydrogens is 326 g/mol. The van der Waals surface area contributed by atoms with Crippen molar-refractivity contribution in [3.8, 4) is 0 Å². The van der Waals surface area contributed by atoms with Gasteiger partial charge >= 0.3 is 6.09 Å². The van der Waals surface area contributed by atoms with Crippen molar-refractivity contribution in [2.45, 2.75) is 63.5 Å². The minimum Gasteiger partial charge on any atom is -0.465 e. The molecule has 0 aromatic heterocycles. The van der Waals surface area contributed by atoms with Gasteiger partial charge in [-0.05, 0) is 25.2 Å². The summed E-state index contributed by atoms with van der Waals surface area (Å²) in [6.07, 6.45) is 6.02. The summed E-state index contributed by atoms with van der Waals surface area (Å²) < 4.78 is 0. The summed E-state index contributed by atoms with van der Waals surface area (Å²) in [7, 11) is 0. The van der Waals surface area contributed by atoms with Gasteiger partial charge in [-0.2, -0.15) is 0 Å². The molecule has 0 aromatic rings. The Kier molecular flexibility index (Phi) is 7.21. The quantitative estimate of drug-likeness (QED) is 0.481. The van der Waals surface area contributed by atoms with E-state index in [-0.39, 0.29) is 18.2 Å². The summed E-state index contributed by atoms with van der Waals surface area (Å²) in [4.78, 5) is 46.4. The molecule has 0 aromatic carbocycles. The van der Waals surface area contributed by atoms with E-state index < -0.39 is 24.1 Å². The number of carbonyl (C=O) groups is 4. The molecule has 2 aliphatic rings. The third-order valence-electron chi connectivity index (χ3n) is 5.10. The Morgan fingerprint density at radius 2 is 1.88 bits per heavy atom. The summed E-state index contributed by atoms with van der Waals surface area (Å²) in [5, 5.41) is 16.6. The fourth-order valence-electron chi connectivity index (χ4n) is 3.74. The molecule has 1 aliphatic carbocycles. The number of carboxylic acid groups (broad SMARTS) is 1. The zero-order chi connectivity index (χ0) is 18.2. The molecule has 3 amide bonds. The minimum absolute atomic E-state index is 0.108. The van der Waals surface area contributed by atoms with Crippen LogP contribution in [-0.4, -0.2) is 47.9 Å². The highest BCUT2D eigenvalue weighted by Crippen LogP contribution is 2.27. The first kappa shape index (κ1) is 19.2. The number of rotatable bonds is 8. The number of carbonyl (C=O) groups excluding carboxylic acids is 3. The first-order chi connectivity index (χ1) is 12.0. The molecule has 25 heavy (non-hydrogen) atoms. The van der Waals surface area contributed by atoms with Crippen LogP contribution in [-0.2, 0) is 14.4 Å². The van der Waals surface area contributed by atoms with Crippen molar-refractivity contribution in [2.24, 2.45) is 11.8 Å². The van der Waals surface area contributed by atoms with E-state index in [0.29, 0.717) is 31.6 Å². The summed E-state index contributed by atoms with van der Waals surface area (Å²) >= 11 is 0. The molecule has 1 saturated carbocycles. The molecule has 1 heterocycles. The van der Waals surface area contributed by atoms with Gasteiger partial charge in [-0.25, -0.2) is 4.79 Å². The maximum atomic E-state index is 12.5. The van der Waals surface area contributed by atoms with E-state index in [0.717, 1.165) is 25.7 Å². The van der Waals surface area contributed by atoms with Crippen LogP contribution in [0.5, 0.6) is 0 Å². The lowest BCUT2D eigenvalue weighted by molar-refractivity contribution is -0.127. The number of hydrogen-bond donors (Lipinski definition) is 4. The van der Waals surface area contributed by atoms with Crippen LogP contribution < -0.4 is 16.0 Å². The zero-order valence-corrected chi connectivity index (χ0v) is 14.3. The highest BCUT2D eigenvalue weighted by molar-refractivity contribution is 5.87. The molecule has 3 atom stereocenters. The van der Waals surface area contributed by atoms with Crippen molar-refractivity contribution in [2.75, 3.05) is 6.54 Å². The molecule has 0 bridgehead atoms. The summed E-state index contributed by atoms with van der Waals surface area (Å²) in [6.45, 7) is 0.577. The standard InChI is InChI=1S/C17H27N3O5/c21-10-13(9-12-6-7-18-15(12)22)19-16(23)14(20-17(24)25)8-11-4-2-1-3-5-11/h10-14,20H,1-9H2,(H,18,22)(H,19,23)(H,24,25)/t12-,13?,14?/m0/s1. The van der Waals surface area contributed by atoms with Crippen LogP contribution in [0.1, 0.15) is 51.4 Å². The van der Waals surface area contributed by atoms with Gasteiger partial charge in [0.15, 0.2) is 0 Å². The van der Waals surface area contributed by atoms with Crippen molar-refractivity contribution in [1.82, 2.24) is 16.0 Å². The number of nitrogens with one attached hydrogen (secondary N) is 3. The molecule has 8 nitrogen and oxygen atoms in total. The smallest absolute Gasteiger partial charge is 0.405 e. The average molecular weight is 353 g/mol. The first-order valence-corrected chi connectivity index (χ1v) is 9.02. The second-order valence-electron chi connectivity index (χ2n) is 7.01. The predicted octanol–water partition coefficient (Wildman–Crippen LogP) is 0.803. The second kappa shape index (κ2) is 9.39. The van der Waals surface area contributed by atoms with E-state index >= 15 is 0 Å². The highest BCUT2D eigenvalue weighted by Gasteiger charge is 2.30. The van der Waals surface area contributed by atoms with Crippen LogP contribution in [0.4, 0.5) is 4.79 Å². The van der Waals surface area contributed by atoms with Gasteiger partial charge in [0.1, 0.15) is 12.3 Å². The summed E-state index contributed by atoms with van der Waals surface area (Å²) in [6, 6.07) is -1.66. The SMILES string of the molecule is O=CC(C[C@@H]1CCNC1=O)NC(=O)C(CC1CCCCC1)NC(=O)O. The predicted molar refractivity (Wildman–Crippen MR) is 89.9 cm³/mol. The van der Waals surface area contributed by atoms with Gasteiger partial charge in [-0.1, -0.05) is 32.1 Å². The van der Waals surface area contributed by atoms with Crippen molar-refractivity contribution in [3.05, 3.63) is 0 Å². The lowest BCUT2D eigenvalue weighted by Crippen LogP contribution is -2.51. The van der Waals surface area contributed by atoms with E-state index in [9.17, 15) is 19.2 Å². The van der Waals surface area contributed by atoms with Crippen LogP contribution in [0.15, 0.2) is 0 Å². The van der Waals surface area contributed by atoms with Crippen molar-refractivity contribution in [3.63, 3.8) is 0 Å². The zero-order valence-electron chi connectivity index (χ0n) is 14.3. The Balaban J connectivity index is 1.92. The Morgan fingerprint density at radius 1 is 1.16 bits per heavy atom. The molecule has 2 rings (SSSR count). The summed E-state index contributed by atoms with van der Waals surface area (Å²) in [5.41, 5.74) is 0. The maximum Gasteiger partial charge on any atom is 0.405 e. The molecule has 0 radical (unpaired) electrons. The second-order valence-corrected chi connectivity index (χ2v) is 7.01. The van der Waals surface area contributed by atoms with Gasteiger partial charge in [-0.15, -0.1) is 0 Å². The van der Waals surface area contributed by atoms with Crippen LogP contribution in [0.2, 0.25) is 0 Å². The number of amides is 3. The molecule has 1 saturated heterocycles. The molecular formula is C17H27N3O5. The van der Waals surface area contributed by atoms with Gasteiger partial charge in [0.05, 0.1) is 6.04 Å². The first-order valence-electron chi connectivity index (χ1n) is 9.02.